The van der Waals surface area contributed by atoms with Crippen molar-refractivity contribution in [2.75, 3.05) is 19.6 Å². The van der Waals surface area contributed by atoms with Gasteiger partial charge in [-0.25, -0.2) is 0 Å². The van der Waals surface area contributed by atoms with Crippen molar-refractivity contribution in [1.82, 2.24) is 10.2 Å². The van der Waals surface area contributed by atoms with Crippen LogP contribution >= 0.6 is 11.6 Å². The molecule has 20 heavy (non-hydrogen) atoms. The van der Waals surface area contributed by atoms with Crippen LogP contribution in [0.4, 0.5) is 5.69 Å². The normalized spacial score (nSPS) is 10.6. The third-order valence-corrected chi connectivity index (χ3v) is 3.12. The molecular weight excluding hydrogens is 282 g/mol. The minimum absolute atomic E-state index is 0.0576. The first-order valence-electron chi connectivity index (χ1n) is 6.39. The highest BCUT2D eigenvalue weighted by Gasteiger charge is 2.15. The van der Waals surface area contributed by atoms with E-state index in [9.17, 15) is 14.9 Å². The van der Waals surface area contributed by atoms with Crippen LogP contribution in [0.3, 0.4) is 0 Å². The zero-order valence-electron chi connectivity index (χ0n) is 11.6. The molecule has 1 amide bonds. The highest BCUT2D eigenvalue weighted by molar-refractivity contribution is 6.32. The van der Waals surface area contributed by atoms with Crippen LogP contribution in [0.25, 0.3) is 0 Å². The summed E-state index contributed by atoms with van der Waals surface area (Å²) in [5.74, 6) is -0.0576. The summed E-state index contributed by atoms with van der Waals surface area (Å²) in [6.45, 7) is 5.78. The number of nitrogens with zero attached hydrogens (tertiary/aromatic N) is 2. The number of benzene rings is 1. The summed E-state index contributed by atoms with van der Waals surface area (Å²) in [6, 6.07) is 4.69. The van der Waals surface area contributed by atoms with Gasteiger partial charge in [0.05, 0.1) is 11.5 Å². The van der Waals surface area contributed by atoms with Crippen LogP contribution in [-0.2, 0) is 11.3 Å². The number of rotatable bonds is 7. The fourth-order valence-electron chi connectivity index (χ4n) is 1.79. The number of halogens is 1. The maximum Gasteiger partial charge on any atom is 0.288 e. The van der Waals surface area contributed by atoms with Gasteiger partial charge in [-0.15, -0.1) is 0 Å². The van der Waals surface area contributed by atoms with Crippen molar-refractivity contribution in [2.24, 2.45) is 0 Å². The number of carbonyl (C=O) groups is 1. The largest absolute Gasteiger partial charge is 0.355 e. The molecule has 0 aliphatic carbocycles. The standard InChI is InChI=1S/C13H18ClN3O3/c1-3-15-13(18)9-16(4-2)8-10-5-6-11(14)12(7-10)17(19)20/h5-7H,3-4,8-9H2,1-2H3,(H,15,18). The predicted molar refractivity (Wildman–Crippen MR) is 77.7 cm³/mol. The second-order valence-corrected chi connectivity index (χ2v) is 4.71. The highest BCUT2D eigenvalue weighted by atomic mass is 35.5. The van der Waals surface area contributed by atoms with Gasteiger partial charge in [-0.2, -0.15) is 0 Å². The maximum atomic E-state index is 11.5. The smallest absolute Gasteiger partial charge is 0.288 e. The van der Waals surface area contributed by atoms with Crippen LogP contribution in [0.15, 0.2) is 18.2 Å². The molecule has 1 rings (SSSR count). The Morgan fingerprint density at radius 1 is 1.45 bits per heavy atom. The summed E-state index contributed by atoms with van der Waals surface area (Å²) in [4.78, 5) is 23.8. The van der Waals surface area contributed by atoms with Crippen LogP contribution in [0.1, 0.15) is 19.4 Å². The van der Waals surface area contributed by atoms with Crippen molar-refractivity contribution >= 4 is 23.2 Å². The Morgan fingerprint density at radius 2 is 2.15 bits per heavy atom. The van der Waals surface area contributed by atoms with E-state index < -0.39 is 4.92 Å². The van der Waals surface area contributed by atoms with E-state index in [1.807, 2.05) is 18.7 Å². The van der Waals surface area contributed by atoms with E-state index >= 15 is 0 Å². The van der Waals surface area contributed by atoms with Gasteiger partial charge in [-0.1, -0.05) is 24.6 Å². The van der Waals surface area contributed by atoms with Gasteiger partial charge in [-0.3, -0.25) is 19.8 Å². The molecule has 1 aromatic rings. The molecule has 0 aromatic heterocycles. The molecule has 0 saturated carbocycles. The Morgan fingerprint density at radius 3 is 2.70 bits per heavy atom. The first kappa shape index (κ1) is 16.4. The number of likely N-dealkylation sites (N-methyl/N-ethyl adjacent to an activating group) is 2. The molecule has 0 unspecified atom stereocenters. The number of nitro benzene ring substituents is 1. The van der Waals surface area contributed by atoms with Gasteiger partial charge >= 0.3 is 0 Å². The number of hydrogen-bond acceptors (Lipinski definition) is 4. The lowest BCUT2D eigenvalue weighted by Gasteiger charge is -2.19. The lowest BCUT2D eigenvalue weighted by atomic mass is 10.2. The molecule has 0 aliphatic rings. The average Bonchev–Trinajstić information content (AvgIpc) is 2.40. The molecule has 1 N–H and O–H groups in total. The van der Waals surface area contributed by atoms with Gasteiger partial charge in [0.25, 0.3) is 5.69 Å². The molecule has 0 aliphatic heterocycles. The Balaban J connectivity index is 2.77. The van der Waals surface area contributed by atoms with E-state index in [0.717, 1.165) is 5.56 Å². The molecular formula is C13H18ClN3O3. The van der Waals surface area contributed by atoms with E-state index in [2.05, 4.69) is 5.32 Å². The fraction of sp³-hybridized carbons (Fsp3) is 0.462. The van der Waals surface area contributed by atoms with E-state index in [0.29, 0.717) is 19.6 Å². The van der Waals surface area contributed by atoms with E-state index in [4.69, 9.17) is 11.6 Å². The fourth-order valence-corrected chi connectivity index (χ4v) is 1.98. The topological polar surface area (TPSA) is 75.5 Å². The van der Waals surface area contributed by atoms with Crippen molar-refractivity contribution in [3.8, 4) is 0 Å². The first-order chi connectivity index (χ1) is 9.47. The molecule has 0 atom stereocenters. The molecule has 7 heteroatoms. The SMILES string of the molecule is CCNC(=O)CN(CC)Cc1ccc(Cl)c([N+](=O)[O-])c1. The van der Waals surface area contributed by atoms with Gasteiger partial charge in [-0.05, 0) is 25.1 Å². The van der Waals surface area contributed by atoms with Gasteiger partial charge in [0, 0.05) is 19.2 Å². The number of nitro groups is 1. The number of hydrogen-bond donors (Lipinski definition) is 1. The number of amides is 1. The Hall–Kier alpha value is -1.66. The number of nitrogens with one attached hydrogen (secondary N) is 1. The van der Waals surface area contributed by atoms with Crippen LogP contribution in [0.5, 0.6) is 0 Å². The molecule has 0 radical (unpaired) electrons. The molecule has 110 valence electrons. The molecule has 0 bridgehead atoms. The quantitative estimate of drug-likeness (QED) is 0.618. The highest BCUT2D eigenvalue weighted by Crippen LogP contribution is 2.25. The van der Waals surface area contributed by atoms with Crippen molar-refractivity contribution in [3.63, 3.8) is 0 Å². The zero-order valence-corrected chi connectivity index (χ0v) is 12.3. The predicted octanol–water partition coefficient (Wildman–Crippen LogP) is 2.21. The molecule has 0 heterocycles. The van der Waals surface area contributed by atoms with Gasteiger partial charge in [0.1, 0.15) is 5.02 Å². The summed E-state index contributed by atoms with van der Waals surface area (Å²) in [5.41, 5.74) is 0.644. The van der Waals surface area contributed by atoms with Crippen molar-refractivity contribution in [2.45, 2.75) is 20.4 Å². The van der Waals surface area contributed by atoms with Gasteiger partial charge in [0.2, 0.25) is 5.91 Å². The minimum atomic E-state index is -0.508. The molecule has 0 spiro atoms. The maximum absolute atomic E-state index is 11.5. The average molecular weight is 300 g/mol. The summed E-state index contributed by atoms with van der Waals surface area (Å²) < 4.78 is 0. The molecule has 0 saturated heterocycles. The van der Waals surface area contributed by atoms with E-state index in [-0.39, 0.29) is 23.2 Å². The van der Waals surface area contributed by atoms with Crippen LogP contribution in [-0.4, -0.2) is 35.4 Å². The van der Waals surface area contributed by atoms with Crippen LogP contribution in [0.2, 0.25) is 5.02 Å². The lowest BCUT2D eigenvalue weighted by molar-refractivity contribution is -0.384. The summed E-state index contributed by atoms with van der Waals surface area (Å²) in [7, 11) is 0. The summed E-state index contributed by atoms with van der Waals surface area (Å²) >= 11 is 5.77. The van der Waals surface area contributed by atoms with Gasteiger partial charge in [0.15, 0.2) is 0 Å². The van der Waals surface area contributed by atoms with Crippen LogP contribution < -0.4 is 5.32 Å². The summed E-state index contributed by atoms with van der Waals surface area (Å²) in [5, 5.41) is 13.7. The first-order valence-corrected chi connectivity index (χ1v) is 6.77. The van der Waals surface area contributed by atoms with Crippen LogP contribution in [0, 0.1) is 10.1 Å². The Kier molecular flexibility index (Phi) is 6.41. The zero-order chi connectivity index (χ0) is 15.1. The lowest BCUT2D eigenvalue weighted by Crippen LogP contribution is -2.36. The second kappa shape index (κ2) is 7.81. The van der Waals surface area contributed by atoms with Gasteiger partial charge < -0.3 is 5.32 Å². The second-order valence-electron chi connectivity index (χ2n) is 4.30. The van der Waals surface area contributed by atoms with Crippen molar-refractivity contribution in [3.05, 3.63) is 38.9 Å². The monoisotopic (exact) mass is 299 g/mol. The summed E-state index contributed by atoms with van der Waals surface area (Å²) in [6.07, 6.45) is 0. The molecule has 0 fully saturated rings. The minimum Gasteiger partial charge on any atom is -0.355 e. The number of carbonyl (C=O) groups excluding carboxylic acids is 1. The Bertz CT molecular complexity index is 494. The molecule has 1 aromatic carbocycles. The van der Waals surface area contributed by atoms with Crippen molar-refractivity contribution in [1.29, 1.82) is 0 Å². The van der Waals surface area contributed by atoms with E-state index in [1.54, 1.807) is 6.07 Å². The third kappa shape index (κ3) is 4.79. The molecule has 6 nitrogen and oxygen atoms in total. The van der Waals surface area contributed by atoms with Crippen molar-refractivity contribution < 1.29 is 9.72 Å². The van der Waals surface area contributed by atoms with E-state index in [1.165, 1.54) is 12.1 Å². The Labute approximate surface area is 122 Å². The third-order valence-electron chi connectivity index (χ3n) is 2.80.